The lowest BCUT2D eigenvalue weighted by Gasteiger charge is -2.15. The summed E-state index contributed by atoms with van der Waals surface area (Å²) in [5.74, 6) is 0.619. The summed E-state index contributed by atoms with van der Waals surface area (Å²) in [6.45, 7) is 0.160. The number of nitrogens with one attached hydrogen (secondary N) is 1. The first kappa shape index (κ1) is 20.2. The number of methoxy groups -OCH3 is 2. The van der Waals surface area contributed by atoms with Gasteiger partial charge in [-0.25, -0.2) is 0 Å². The van der Waals surface area contributed by atoms with Crippen LogP contribution in [0.2, 0.25) is 0 Å². The molecule has 0 saturated carbocycles. The highest BCUT2D eigenvalue weighted by Gasteiger charge is 2.39. The molecule has 7 nitrogen and oxygen atoms in total. The highest BCUT2D eigenvalue weighted by Crippen LogP contribution is 2.32. The Labute approximate surface area is 179 Å². The van der Waals surface area contributed by atoms with Crippen molar-refractivity contribution in [3.05, 3.63) is 89.9 Å². The molecule has 156 valence electrons. The molecule has 0 aliphatic carbocycles. The number of hydrogen-bond donors (Lipinski definition) is 1. The number of ether oxygens (including phenoxy) is 2. The van der Waals surface area contributed by atoms with Crippen molar-refractivity contribution in [3.63, 3.8) is 0 Å². The summed E-state index contributed by atoms with van der Waals surface area (Å²) in [5.41, 5.74) is 2.67. The molecule has 0 fully saturated rings. The van der Waals surface area contributed by atoms with Crippen molar-refractivity contribution < 1.29 is 19.1 Å². The standard InChI is InChI=1S/C24H21N3O4/c1-30-19-7-3-17(4-8-19)21-22(26-18-5-9-20(31-2)10-6-18)24(29)27(23(21)28)15-16-11-13-25-14-12-16/h3-14,26H,15H2,1-2H3. The Balaban J connectivity index is 1.72. The third-order valence-corrected chi connectivity index (χ3v) is 5.00. The van der Waals surface area contributed by atoms with Gasteiger partial charge in [0.25, 0.3) is 11.8 Å². The minimum Gasteiger partial charge on any atom is -0.497 e. The van der Waals surface area contributed by atoms with Gasteiger partial charge >= 0.3 is 0 Å². The molecule has 2 heterocycles. The van der Waals surface area contributed by atoms with Gasteiger partial charge in [0.05, 0.1) is 26.3 Å². The van der Waals surface area contributed by atoms with E-state index in [1.54, 1.807) is 87.3 Å². The molecule has 1 aliphatic heterocycles. The van der Waals surface area contributed by atoms with Gasteiger partial charge in [-0.15, -0.1) is 0 Å². The minimum atomic E-state index is -0.386. The molecule has 1 aliphatic rings. The normalized spacial score (nSPS) is 13.5. The molecule has 1 aromatic heterocycles. The lowest BCUT2D eigenvalue weighted by Crippen LogP contribution is -2.32. The highest BCUT2D eigenvalue weighted by atomic mass is 16.5. The predicted octanol–water partition coefficient (Wildman–Crippen LogP) is 3.49. The van der Waals surface area contributed by atoms with E-state index in [1.807, 2.05) is 0 Å². The van der Waals surface area contributed by atoms with Crippen molar-refractivity contribution in [3.8, 4) is 11.5 Å². The molecule has 0 bridgehead atoms. The first-order valence-corrected chi connectivity index (χ1v) is 9.65. The molecule has 4 rings (SSSR count). The van der Waals surface area contributed by atoms with Crippen LogP contribution in [0.25, 0.3) is 5.57 Å². The van der Waals surface area contributed by atoms with E-state index in [0.29, 0.717) is 28.3 Å². The zero-order chi connectivity index (χ0) is 21.8. The molecule has 2 aromatic carbocycles. The van der Waals surface area contributed by atoms with Crippen LogP contribution in [0.1, 0.15) is 11.1 Å². The monoisotopic (exact) mass is 415 g/mol. The molecular formula is C24H21N3O4. The van der Waals surface area contributed by atoms with Crippen LogP contribution in [-0.4, -0.2) is 35.9 Å². The summed E-state index contributed by atoms with van der Waals surface area (Å²) in [6, 6.07) is 17.8. The third kappa shape index (κ3) is 4.11. The minimum absolute atomic E-state index is 0.160. The van der Waals surface area contributed by atoms with E-state index < -0.39 is 0 Å². The van der Waals surface area contributed by atoms with Crippen LogP contribution < -0.4 is 14.8 Å². The van der Waals surface area contributed by atoms with Crippen LogP contribution in [-0.2, 0) is 16.1 Å². The van der Waals surface area contributed by atoms with Gasteiger partial charge in [-0.3, -0.25) is 19.5 Å². The molecule has 7 heteroatoms. The Morgan fingerprint density at radius 3 is 1.97 bits per heavy atom. The Kier molecular flexibility index (Phi) is 5.66. The Hall–Kier alpha value is -4.13. The van der Waals surface area contributed by atoms with Crippen molar-refractivity contribution >= 4 is 23.1 Å². The van der Waals surface area contributed by atoms with E-state index in [4.69, 9.17) is 9.47 Å². The number of amides is 2. The second kappa shape index (κ2) is 8.71. The zero-order valence-electron chi connectivity index (χ0n) is 17.2. The molecule has 1 N–H and O–H groups in total. The van der Waals surface area contributed by atoms with Crippen molar-refractivity contribution in [2.45, 2.75) is 6.54 Å². The fraction of sp³-hybridized carbons (Fsp3) is 0.125. The van der Waals surface area contributed by atoms with Crippen LogP contribution in [0.4, 0.5) is 5.69 Å². The SMILES string of the molecule is COc1ccc(NC2=C(c3ccc(OC)cc3)C(=O)N(Cc3ccncc3)C2=O)cc1. The van der Waals surface area contributed by atoms with Crippen molar-refractivity contribution in [2.24, 2.45) is 0 Å². The quantitative estimate of drug-likeness (QED) is 0.595. The molecule has 0 spiro atoms. The Morgan fingerprint density at radius 2 is 1.39 bits per heavy atom. The zero-order valence-corrected chi connectivity index (χ0v) is 17.2. The molecule has 31 heavy (non-hydrogen) atoms. The van der Waals surface area contributed by atoms with Gasteiger partial charge in [0, 0.05) is 18.1 Å². The van der Waals surface area contributed by atoms with Crippen LogP contribution in [0, 0.1) is 0 Å². The van der Waals surface area contributed by atoms with Gasteiger partial charge in [0.2, 0.25) is 0 Å². The van der Waals surface area contributed by atoms with Gasteiger partial charge in [0.1, 0.15) is 17.2 Å². The number of aromatic nitrogens is 1. The molecule has 3 aromatic rings. The van der Waals surface area contributed by atoms with Gasteiger partial charge in [-0.1, -0.05) is 12.1 Å². The van der Waals surface area contributed by atoms with Crippen molar-refractivity contribution in [1.29, 1.82) is 0 Å². The van der Waals surface area contributed by atoms with Gasteiger partial charge in [-0.2, -0.15) is 0 Å². The van der Waals surface area contributed by atoms with E-state index in [-0.39, 0.29) is 24.1 Å². The first-order chi connectivity index (χ1) is 15.1. The van der Waals surface area contributed by atoms with Gasteiger partial charge in [-0.05, 0) is 59.7 Å². The van der Waals surface area contributed by atoms with Gasteiger partial charge in [0.15, 0.2) is 0 Å². The van der Waals surface area contributed by atoms with E-state index in [2.05, 4.69) is 10.3 Å². The predicted molar refractivity (Wildman–Crippen MR) is 116 cm³/mol. The van der Waals surface area contributed by atoms with E-state index in [9.17, 15) is 9.59 Å². The summed E-state index contributed by atoms with van der Waals surface area (Å²) in [4.78, 5) is 31.8. The Morgan fingerprint density at radius 1 is 0.806 bits per heavy atom. The summed E-state index contributed by atoms with van der Waals surface area (Å²) >= 11 is 0. The third-order valence-electron chi connectivity index (χ3n) is 5.00. The maximum absolute atomic E-state index is 13.3. The molecular weight excluding hydrogens is 394 g/mol. The number of rotatable bonds is 7. The number of hydrogen-bond acceptors (Lipinski definition) is 6. The van der Waals surface area contributed by atoms with E-state index in [0.717, 1.165) is 5.56 Å². The number of anilines is 1. The summed E-state index contributed by atoms with van der Waals surface area (Å²) in [7, 11) is 3.16. The topological polar surface area (TPSA) is 80.8 Å². The number of imide groups is 1. The maximum Gasteiger partial charge on any atom is 0.278 e. The van der Waals surface area contributed by atoms with Crippen LogP contribution >= 0.6 is 0 Å². The first-order valence-electron chi connectivity index (χ1n) is 9.65. The number of carbonyl (C=O) groups is 2. The number of carbonyl (C=O) groups excluding carboxylic acids is 2. The van der Waals surface area contributed by atoms with Crippen LogP contribution in [0.3, 0.4) is 0 Å². The molecule has 2 amide bonds. The Bertz CT molecular complexity index is 1120. The second-order valence-corrected chi connectivity index (χ2v) is 6.88. The maximum atomic E-state index is 13.3. The molecule has 0 unspecified atom stereocenters. The number of pyridine rings is 1. The summed E-state index contributed by atoms with van der Waals surface area (Å²) in [5, 5.41) is 3.13. The fourth-order valence-electron chi connectivity index (χ4n) is 3.35. The summed E-state index contributed by atoms with van der Waals surface area (Å²) in [6.07, 6.45) is 3.27. The number of benzene rings is 2. The second-order valence-electron chi connectivity index (χ2n) is 6.88. The molecule has 0 atom stereocenters. The van der Waals surface area contributed by atoms with E-state index >= 15 is 0 Å². The molecule has 0 saturated heterocycles. The van der Waals surface area contributed by atoms with Gasteiger partial charge < -0.3 is 14.8 Å². The average Bonchev–Trinajstić information content (AvgIpc) is 3.04. The summed E-state index contributed by atoms with van der Waals surface area (Å²) < 4.78 is 10.4. The number of nitrogens with zero attached hydrogens (tertiary/aromatic N) is 2. The lowest BCUT2D eigenvalue weighted by atomic mass is 10.0. The largest absolute Gasteiger partial charge is 0.497 e. The highest BCUT2D eigenvalue weighted by molar-refractivity contribution is 6.36. The fourth-order valence-corrected chi connectivity index (χ4v) is 3.35. The van der Waals surface area contributed by atoms with Crippen LogP contribution in [0.5, 0.6) is 11.5 Å². The smallest absolute Gasteiger partial charge is 0.278 e. The van der Waals surface area contributed by atoms with E-state index in [1.165, 1.54) is 4.90 Å². The van der Waals surface area contributed by atoms with Crippen molar-refractivity contribution in [1.82, 2.24) is 9.88 Å². The lowest BCUT2D eigenvalue weighted by molar-refractivity contribution is -0.137. The average molecular weight is 415 g/mol. The molecule has 0 radical (unpaired) electrons. The van der Waals surface area contributed by atoms with Crippen LogP contribution in [0.15, 0.2) is 78.8 Å². The van der Waals surface area contributed by atoms with Crippen molar-refractivity contribution in [2.75, 3.05) is 19.5 Å².